The second-order valence-electron chi connectivity index (χ2n) is 6.20. The van der Waals surface area contributed by atoms with Crippen molar-refractivity contribution >= 4 is 11.8 Å². The van der Waals surface area contributed by atoms with Crippen LogP contribution in [0.25, 0.3) is 0 Å². The Hall–Kier alpha value is -2.04. The van der Waals surface area contributed by atoms with Crippen LogP contribution in [0.2, 0.25) is 0 Å². The van der Waals surface area contributed by atoms with Crippen molar-refractivity contribution in [3.8, 4) is 5.75 Å². The fourth-order valence-corrected chi connectivity index (χ4v) is 3.03. The number of hydrogen-bond acceptors (Lipinski definition) is 3. The minimum atomic E-state index is -0.252. The molecular formula is C18H26N2O3. The lowest BCUT2D eigenvalue weighted by atomic mass is 9.86. The van der Waals surface area contributed by atoms with Gasteiger partial charge in [-0.15, -0.1) is 0 Å². The molecule has 1 aliphatic rings. The number of carbonyl (C=O) groups excluding carboxylic acids is 2. The SMILES string of the molecule is O=C(CCC1CCCCC1)NCCNC(=O)c1cccc(O)c1. The van der Waals surface area contributed by atoms with E-state index in [0.29, 0.717) is 31.0 Å². The Labute approximate surface area is 137 Å². The van der Waals surface area contributed by atoms with Crippen molar-refractivity contribution in [1.82, 2.24) is 10.6 Å². The molecule has 126 valence electrons. The van der Waals surface area contributed by atoms with E-state index in [0.717, 1.165) is 6.42 Å². The average Bonchev–Trinajstić information content (AvgIpc) is 2.57. The molecule has 0 aromatic heterocycles. The molecule has 1 saturated carbocycles. The summed E-state index contributed by atoms with van der Waals surface area (Å²) in [6.45, 7) is 0.803. The van der Waals surface area contributed by atoms with Crippen molar-refractivity contribution in [3.05, 3.63) is 29.8 Å². The molecule has 0 spiro atoms. The summed E-state index contributed by atoms with van der Waals surface area (Å²) in [5, 5.41) is 14.9. The Morgan fingerprint density at radius 1 is 1.09 bits per heavy atom. The van der Waals surface area contributed by atoms with Crippen LogP contribution in [-0.2, 0) is 4.79 Å². The van der Waals surface area contributed by atoms with Gasteiger partial charge < -0.3 is 15.7 Å². The Morgan fingerprint density at radius 3 is 2.57 bits per heavy atom. The number of carbonyl (C=O) groups is 2. The van der Waals surface area contributed by atoms with Crippen molar-refractivity contribution in [2.24, 2.45) is 5.92 Å². The zero-order valence-electron chi connectivity index (χ0n) is 13.5. The first kappa shape index (κ1) is 17.3. The van der Waals surface area contributed by atoms with E-state index in [4.69, 9.17) is 0 Å². The first-order valence-electron chi connectivity index (χ1n) is 8.49. The number of aromatic hydroxyl groups is 1. The fourth-order valence-electron chi connectivity index (χ4n) is 3.03. The van der Waals surface area contributed by atoms with E-state index in [9.17, 15) is 14.7 Å². The third-order valence-electron chi connectivity index (χ3n) is 4.35. The van der Waals surface area contributed by atoms with Crippen molar-refractivity contribution in [3.63, 3.8) is 0 Å². The van der Waals surface area contributed by atoms with Gasteiger partial charge in [-0.1, -0.05) is 38.2 Å². The maximum Gasteiger partial charge on any atom is 0.251 e. The van der Waals surface area contributed by atoms with Gasteiger partial charge in [-0.2, -0.15) is 0 Å². The van der Waals surface area contributed by atoms with Gasteiger partial charge in [0, 0.05) is 25.1 Å². The minimum Gasteiger partial charge on any atom is -0.508 e. The van der Waals surface area contributed by atoms with Crippen molar-refractivity contribution in [1.29, 1.82) is 0 Å². The van der Waals surface area contributed by atoms with E-state index in [-0.39, 0.29) is 17.6 Å². The Kier molecular flexibility index (Phi) is 6.91. The van der Waals surface area contributed by atoms with Crippen molar-refractivity contribution in [2.75, 3.05) is 13.1 Å². The second kappa shape index (κ2) is 9.18. The van der Waals surface area contributed by atoms with Gasteiger partial charge in [-0.3, -0.25) is 9.59 Å². The van der Waals surface area contributed by atoms with Crippen molar-refractivity contribution in [2.45, 2.75) is 44.9 Å². The van der Waals surface area contributed by atoms with Crippen LogP contribution in [-0.4, -0.2) is 30.0 Å². The monoisotopic (exact) mass is 318 g/mol. The van der Waals surface area contributed by atoms with E-state index in [1.807, 2.05) is 0 Å². The lowest BCUT2D eigenvalue weighted by Crippen LogP contribution is -2.34. The number of amides is 2. The quantitative estimate of drug-likeness (QED) is 0.676. The molecule has 0 unspecified atom stereocenters. The summed E-state index contributed by atoms with van der Waals surface area (Å²) in [5.74, 6) is 0.577. The zero-order valence-corrected chi connectivity index (χ0v) is 13.5. The number of rotatable bonds is 7. The highest BCUT2D eigenvalue weighted by Crippen LogP contribution is 2.27. The molecule has 0 saturated heterocycles. The van der Waals surface area contributed by atoms with E-state index < -0.39 is 0 Å². The molecule has 1 aliphatic carbocycles. The molecule has 5 heteroatoms. The van der Waals surface area contributed by atoms with Gasteiger partial charge in [-0.05, 0) is 30.5 Å². The predicted molar refractivity (Wildman–Crippen MR) is 89.3 cm³/mol. The highest BCUT2D eigenvalue weighted by atomic mass is 16.3. The molecule has 0 aliphatic heterocycles. The molecule has 0 atom stereocenters. The summed E-state index contributed by atoms with van der Waals surface area (Å²) in [4.78, 5) is 23.6. The molecule has 3 N–H and O–H groups in total. The molecular weight excluding hydrogens is 292 g/mol. The normalized spacial score (nSPS) is 15.1. The number of phenols is 1. The van der Waals surface area contributed by atoms with Crippen LogP contribution >= 0.6 is 0 Å². The molecule has 23 heavy (non-hydrogen) atoms. The molecule has 0 bridgehead atoms. The minimum absolute atomic E-state index is 0.0576. The number of benzene rings is 1. The van der Waals surface area contributed by atoms with Gasteiger partial charge in [0.15, 0.2) is 0 Å². The lowest BCUT2D eigenvalue weighted by molar-refractivity contribution is -0.121. The van der Waals surface area contributed by atoms with Crippen LogP contribution < -0.4 is 10.6 Å². The van der Waals surface area contributed by atoms with E-state index in [2.05, 4.69) is 10.6 Å². The summed E-state index contributed by atoms with van der Waals surface area (Å²) < 4.78 is 0. The van der Waals surface area contributed by atoms with E-state index in [1.165, 1.54) is 44.2 Å². The van der Waals surface area contributed by atoms with Crippen LogP contribution in [0.15, 0.2) is 24.3 Å². The van der Waals surface area contributed by atoms with Gasteiger partial charge in [0.2, 0.25) is 5.91 Å². The molecule has 0 radical (unpaired) electrons. The van der Waals surface area contributed by atoms with E-state index >= 15 is 0 Å². The average molecular weight is 318 g/mol. The third kappa shape index (κ3) is 6.30. The first-order valence-corrected chi connectivity index (χ1v) is 8.49. The van der Waals surface area contributed by atoms with Crippen LogP contribution in [0, 0.1) is 5.92 Å². The van der Waals surface area contributed by atoms with Crippen LogP contribution in [0.5, 0.6) is 5.75 Å². The smallest absolute Gasteiger partial charge is 0.251 e. The number of nitrogens with one attached hydrogen (secondary N) is 2. The van der Waals surface area contributed by atoms with Gasteiger partial charge in [0.25, 0.3) is 5.91 Å². The summed E-state index contributed by atoms with van der Waals surface area (Å²) in [6.07, 6.45) is 8.00. The first-order chi connectivity index (χ1) is 11.1. The maximum atomic E-state index is 11.8. The molecule has 1 aromatic rings. The molecule has 1 aromatic carbocycles. The highest BCUT2D eigenvalue weighted by Gasteiger charge is 2.14. The summed E-state index contributed by atoms with van der Waals surface area (Å²) in [5.41, 5.74) is 0.411. The van der Waals surface area contributed by atoms with Crippen LogP contribution in [0.3, 0.4) is 0 Å². The largest absolute Gasteiger partial charge is 0.508 e. The van der Waals surface area contributed by atoms with Gasteiger partial charge in [0.1, 0.15) is 5.75 Å². The van der Waals surface area contributed by atoms with Gasteiger partial charge in [-0.25, -0.2) is 0 Å². The predicted octanol–water partition coefficient (Wildman–Crippen LogP) is 2.60. The fraction of sp³-hybridized carbons (Fsp3) is 0.556. The maximum absolute atomic E-state index is 11.8. The molecule has 5 nitrogen and oxygen atoms in total. The van der Waals surface area contributed by atoms with Gasteiger partial charge >= 0.3 is 0 Å². The van der Waals surface area contributed by atoms with Gasteiger partial charge in [0.05, 0.1) is 0 Å². The third-order valence-corrected chi connectivity index (χ3v) is 4.35. The molecule has 1 fully saturated rings. The van der Waals surface area contributed by atoms with Crippen LogP contribution in [0.4, 0.5) is 0 Å². The topological polar surface area (TPSA) is 78.4 Å². The molecule has 2 amide bonds. The Balaban J connectivity index is 1.57. The highest BCUT2D eigenvalue weighted by molar-refractivity contribution is 5.94. The number of phenolic OH excluding ortho intramolecular Hbond substituents is 1. The summed E-state index contributed by atoms with van der Waals surface area (Å²) in [7, 11) is 0. The Bertz CT molecular complexity index is 525. The lowest BCUT2D eigenvalue weighted by Gasteiger charge is -2.20. The Morgan fingerprint density at radius 2 is 1.83 bits per heavy atom. The molecule has 0 heterocycles. The second-order valence-corrected chi connectivity index (χ2v) is 6.20. The van der Waals surface area contributed by atoms with Crippen molar-refractivity contribution < 1.29 is 14.7 Å². The zero-order chi connectivity index (χ0) is 16.5. The van der Waals surface area contributed by atoms with Crippen LogP contribution in [0.1, 0.15) is 55.3 Å². The number of hydrogen-bond donors (Lipinski definition) is 3. The van der Waals surface area contributed by atoms with E-state index in [1.54, 1.807) is 12.1 Å². The molecule has 2 rings (SSSR count). The summed E-state index contributed by atoms with van der Waals surface area (Å²) in [6, 6.07) is 6.19. The standard InChI is InChI=1S/C18H26N2O3/c21-16-8-4-7-15(13-16)18(23)20-12-11-19-17(22)10-9-14-5-2-1-3-6-14/h4,7-8,13-14,21H,1-3,5-6,9-12H2,(H,19,22)(H,20,23). The summed E-state index contributed by atoms with van der Waals surface area (Å²) >= 11 is 0.